The summed E-state index contributed by atoms with van der Waals surface area (Å²) in [6, 6.07) is 12.2. The van der Waals surface area contributed by atoms with Crippen molar-refractivity contribution in [2.45, 2.75) is 32.7 Å². The molecule has 0 unspecified atom stereocenters. The van der Waals surface area contributed by atoms with Crippen LogP contribution in [-0.4, -0.2) is 42.9 Å². The third kappa shape index (κ3) is 5.19. The summed E-state index contributed by atoms with van der Waals surface area (Å²) in [5, 5.41) is 2.82. The van der Waals surface area contributed by atoms with E-state index >= 15 is 0 Å². The van der Waals surface area contributed by atoms with Gasteiger partial charge in [-0.2, -0.15) is 0 Å². The number of hydrogen-bond acceptors (Lipinski definition) is 3. The van der Waals surface area contributed by atoms with Crippen LogP contribution >= 0.6 is 15.9 Å². The van der Waals surface area contributed by atoms with E-state index in [0.29, 0.717) is 42.9 Å². The molecule has 2 aromatic carbocycles. The second kappa shape index (κ2) is 9.60. The first-order valence-corrected chi connectivity index (χ1v) is 10.9. The minimum absolute atomic E-state index is 0.0201. The Morgan fingerprint density at radius 1 is 1.13 bits per heavy atom. The van der Waals surface area contributed by atoms with Crippen LogP contribution < -0.4 is 10.2 Å². The summed E-state index contributed by atoms with van der Waals surface area (Å²) in [5.74, 6) is -0.706. The van der Waals surface area contributed by atoms with Crippen LogP contribution in [0.2, 0.25) is 0 Å². The topological polar surface area (TPSA) is 52.7 Å². The van der Waals surface area contributed by atoms with Gasteiger partial charge in [0.05, 0.1) is 5.69 Å². The number of carbonyl (C=O) groups is 2. The van der Waals surface area contributed by atoms with Crippen LogP contribution in [0.3, 0.4) is 0 Å². The lowest BCUT2D eigenvalue weighted by atomic mass is 9.95. The molecule has 30 heavy (non-hydrogen) atoms. The molecule has 1 N–H and O–H groups in total. The molecule has 0 aromatic heterocycles. The van der Waals surface area contributed by atoms with E-state index in [1.807, 2.05) is 37.9 Å². The number of amides is 2. The van der Waals surface area contributed by atoms with Gasteiger partial charge in [0.2, 0.25) is 5.91 Å². The predicted molar refractivity (Wildman–Crippen MR) is 121 cm³/mol. The highest BCUT2D eigenvalue weighted by molar-refractivity contribution is 9.10. The fourth-order valence-electron chi connectivity index (χ4n) is 3.51. The molecule has 7 heteroatoms. The zero-order valence-electron chi connectivity index (χ0n) is 17.5. The second-order valence-electron chi connectivity index (χ2n) is 7.93. The Kier molecular flexibility index (Phi) is 7.13. The van der Waals surface area contributed by atoms with Crippen LogP contribution in [0.4, 0.5) is 15.8 Å². The molecule has 1 saturated heterocycles. The maximum Gasteiger partial charge on any atom is 0.253 e. The molecule has 1 heterocycles. The van der Waals surface area contributed by atoms with Gasteiger partial charge in [0.15, 0.2) is 0 Å². The maximum absolute atomic E-state index is 14.4. The molecule has 2 aromatic rings. The fraction of sp³-hybridized carbons (Fsp3) is 0.391. The van der Waals surface area contributed by atoms with Gasteiger partial charge in [-0.25, -0.2) is 4.39 Å². The molecule has 160 valence electrons. The molecule has 3 rings (SSSR count). The zero-order chi connectivity index (χ0) is 21.8. The minimum Gasteiger partial charge on any atom is -0.370 e. The van der Waals surface area contributed by atoms with E-state index in [-0.39, 0.29) is 29.6 Å². The summed E-state index contributed by atoms with van der Waals surface area (Å²) < 4.78 is 15.4. The fourth-order valence-corrected chi connectivity index (χ4v) is 3.78. The lowest BCUT2D eigenvalue weighted by molar-refractivity contribution is -0.121. The van der Waals surface area contributed by atoms with E-state index in [1.54, 1.807) is 29.2 Å². The number of rotatable bonds is 5. The van der Waals surface area contributed by atoms with Gasteiger partial charge in [0, 0.05) is 47.8 Å². The van der Waals surface area contributed by atoms with Crippen LogP contribution in [0, 0.1) is 11.7 Å². The van der Waals surface area contributed by atoms with E-state index in [9.17, 15) is 14.0 Å². The zero-order valence-corrected chi connectivity index (χ0v) is 19.1. The Labute approximate surface area is 185 Å². The monoisotopic (exact) mass is 475 g/mol. The Morgan fingerprint density at radius 3 is 2.33 bits per heavy atom. The SMILES string of the molecule is CC(C)N(C)c1ccc(NC(=O)C2CCN(C(=O)c3ccc(Br)cc3)CC2)cc1F. The predicted octanol–water partition coefficient (Wildman–Crippen LogP) is 4.92. The highest BCUT2D eigenvalue weighted by Gasteiger charge is 2.28. The Bertz CT molecular complexity index is 909. The summed E-state index contributed by atoms with van der Waals surface area (Å²) in [5.41, 5.74) is 1.59. The molecule has 0 atom stereocenters. The van der Waals surface area contributed by atoms with Gasteiger partial charge < -0.3 is 15.1 Å². The van der Waals surface area contributed by atoms with Crippen LogP contribution in [-0.2, 0) is 4.79 Å². The summed E-state index contributed by atoms with van der Waals surface area (Å²) >= 11 is 3.37. The van der Waals surface area contributed by atoms with Crippen LogP contribution in [0.5, 0.6) is 0 Å². The lowest BCUT2D eigenvalue weighted by Crippen LogP contribution is -2.41. The van der Waals surface area contributed by atoms with Gasteiger partial charge >= 0.3 is 0 Å². The minimum atomic E-state index is -0.362. The molecule has 2 amide bonds. The first-order chi connectivity index (χ1) is 14.3. The Morgan fingerprint density at radius 2 is 1.77 bits per heavy atom. The largest absolute Gasteiger partial charge is 0.370 e. The molecule has 0 saturated carbocycles. The van der Waals surface area contributed by atoms with Crippen molar-refractivity contribution in [3.05, 3.63) is 58.3 Å². The molecule has 0 aliphatic carbocycles. The maximum atomic E-state index is 14.4. The highest BCUT2D eigenvalue weighted by Crippen LogP contribution is 2.25. The molecule has 0 bridgehead atoms. The molecule has 1 fully saturated rings. The van der Waals surface area contributed by atoms with Crippen molar-refractivity contribution in [2.24, 2.45) is 5.92 Å². The van der Waals surface area contributed by atoms with Gasteiger partial charge in [-0.15, -0.1) is 0 Å². The Balaban J connectivity index is 1.56. The number of piperidine rings is 1. The number of anilines is 2. The Hall–Kier alpha value is -2.41. The summed E-state index contributed by atoms with van der Waals surface area (Å²) in [6.07, 6.45) is 1.18. The third-order valence-electron chi connectivity index (χ3n) is 5.61. The number of nitrogens with zero attached hydrogens (tertiary/aromatic N) is 2. The van der Waals surface area contributed by atoms with E-state index in [0.717, 1.165) is 4.47 Å². The van der Waals surface area contributed by atoms with Gasteiger partial charge in [0.1, 0.15) is 5.82 Å². The number of hydrogen-bond donors (Lipinski definition) is 1. The van der Waals surface area contributed by atoms with Gasteiger partial charge in [-0.05, 0) is 69.2 Å². The molecule has 5 nitrogen and oxygen atoms in total. The van der Waals surface area contributed by atoms with Crippen molar-refractivity contribution in [2.75, 3.05) is 30.4 Å². The average Bonchev–Trinajstić information content (AvgIpc) is 2.73. The standard InChI is InChI=1S/C23H27BrFN3O2/c1-15(2)27(3)21-9-8-19(14-20(21)25)26-22(29)16-10-12-28(13-11-16)23(30)17-4-6-18(24)7-5-17/h4-9,14-16H,10-13H2,1-3H3,(H,26,29). The molecular weight excluding hydrogens is 449 g/mol. The van der Waals surface area contributed by atoms with E-state index < -0.39 is 0 Å². The third-order valence-corrected chi connectivity index (χ3v) is 6.14. The second-order valence-corrected chi connectivity index (χ2v) is 8.85. The van der Waals surface area contributed by atoms with E-state index in [4.69, 9.17) is 0 Å². The van der Waals surface area contributed by atoms with E-state index in [1.165, 1.54) is 6.07 Å². The number of likely N-dealkylation sites (tertiary alicyclic amines) is 1. The van der Waals surface area contributed by atoms with E-state index in [2.05, 4.69) is 21.2 Å². The quantitative estimate of drug-likeness (QED) is 0.667. The molecular formula is C23H27BrFN3O2. The lowest BCUT2D eigenvalue weighted by Gasteiger charge is -2.31. The summed E-state index contributed by atoms with van der Waals surface area (Å²) in [4.78, 5) is 28.9. The van der Waals surface area contributed by atoms with Crippen LogP contribution in [0.15, 0.2) is 46.9 Å². The van der Waals surface area contributed by atoms with Gasteiger partial charge in [0.25, 0.3) is 5.91 Å². The normalized spacial score (nSPS) is 14.7. The molecule has 0 spiro atoms. The number of carbonyl (C=O) groups excluding carboxylic acids is 2. The molecule has 1 aliphatic heterocycles. The first kappa shape index (κ1) is 22.3. The van der Waals surface area contributed by atoms with Crippen molar-refractivity contribution in [3.8, 4) is 0 Å². The smallest absolute Gasteiger partial charge is 0.253 e. The van der Waals surface area contributed by atoms with Gasteiger partial charge in [-0.1, -0.05) is 15.9 Å². The van der Waals surface area contributed by atoms with Crippen molar-refractivity contribution >= 4 is 39.1 Å². The van der Waals surface area contributed by atoms with Gasteiger partial charge in [-0.3, -0.25) is 9.59 Å². The number of benzene rings is 2. The summed E-state index contributed by atoms with van der Waals surface area (Å²) in [7, 11) is 1.84. The van der Waals surface area contributed by atoms with Crippen LogP contribution in [0.25, 0.3) is 0 Å². The van der Waals surface area contributed by atoms with Crippen molar-refractivity contribution in [1.29, 1.82) is 0 Å². The van der Waals surface area contributed by atoms with Crippen molar-refractivity contribution < 1.29 is 14.0 Å². The average molecular weight is 476 g/mol. The first-order valence-electron chi connectivity index (χ1n) is 10.1. The summed E-state index contributed by atoms with van der Waals surface area (Å²) in [6.45, 7) is 5.03. The van der Waals surface area contributed by atoms with Crippen molar-refractivity contribution in [1.82, 2.24) is 4.90 Å². The number of nitrogens with one attached hydrogen (secondary N) is 1. The molecule has 1 aliphatic rings. The molecule has 0 radical (unpaired) electrons. The number of halogens is 2. The van der Waals surface area contributed by atoms with Crippen molar-refractivity contribution in [3.63, 3.8) is 0 Å². The van der Waals surface area contributed by atoms with Crippen LogP contribution in [0.1, 0.15) is 37.0 Å². The highest BCUT2D eigenvalue weighted by atomic mass is 79.9.